The SMILES string of the molecule is COc1cccc2cncc(C(C#N)NC(=O)[C@@H]3[C@@H]4[C@H](CN3C(=O)[C@@H](NC(=O)C(F)(F)F)C(C)(C)OC)[C@@H]3CC(F)[C@H]4C3)c12. The highest BCUT2D eigenvalue weighted by Crippen LogP contribution is 2.58. The van der Waals surface area contributed by atoms with Crippen LogP contribution in [0.3, 0.4) is 0 Å². The van der Waals surface area contributed by atoms with Crippen molar-refractivity contribution in [2.24, 2.45) is 23.7 Å². The molecule has 1 aromatic heterocycles. The lowest BCUT2D eigenvalue weighted by Crippen LogP contribution is -2.63. The molecule has 44 heavy (non-hydrogen) atoms. The molecule has 1 saturated heterocycles. The average molecular weight is 620 g/mol. The number of carbonyl (C=O) groups excluding carboxylic acids is 3. The van der Waals surface area contributed by atoms with Gasteiger partial charge in [0.15, 0.2) is 0 Å². The van der Waals surface area contributed by atoms with E-state index in [9.17, 15) is 32.8 Å². The second-order valence-corrected chi connectivity index (χ2v) is 12.2. The number of nitrogens with one attached hydrogen (secondary N) is 2. The zero-order chi connectivity index (χ0) is 32.1. The van der Waals surface area contributed by atoms with Crippen LogP contribution in [-0.4, -0.2) is 78.4 Å². The number of benzene rings is 1. The van der Waals surface area contributed by atoms with Gasteiger partial charge in [0.25, 0.3) is 0 Å². The number of methoxy groups -OCH3 is 2. The maximum absolute atomic E-state index is 15.1. The predicted octanol–water partition coefficient (Wildman–Crippen LogP) is 3.22. The second-order valence-electron chi connectivity index (χ2n) is 12.2. The molecule has 2 bridgehead atoms. The lowest BCUT2D eigenvalue weighted by atomic mass is 9.77. The van der Waals surface area contributed by atoms with Crippen LogP contribution in [0.15, 0.2) is 30.6 Å². The van der Waals surface area contributed by atoms with E-state index < -0.39 is 65.6 Å². The van der Waals surface area contributed by atoms with E-state index in [0.29, 0.717) is 28.5 Å². The molecule has 0 spiro atoms. The van der Waals surface area contributed by atoms with Gasteiger partial charge in [0.1, 0.15) is 30.0 Å². The van der Waals surface area contributed by atoms with Crippen molar-refractivity contribution < 1.29 is 41.4 Å². The van der Waals surface area contributed by atoms with Crippen molar-refractivity contribution in [3.63, 3.8) is 0 Å². The Morgan fingerprint density at radius 2 is 1.84 bits per heavy atom. The Morgan fingerprint density at radius 1 is 1.11 bits per heavy atom. The van der Waals surface area contributed by atoms with E-state index in [0.717, 1.165) is 4.90 Å². The molecule has 1 aliphatic heterocycles. The van der Waals surface area contributed by atoms with Crippen LogP contribution in [0, 0.1) is 35.0 Å². The number of nitriles is 1. The molecule has 2 saturated carbocycles. The summed E-state index contributed by atoms with van der Waals surface area (Å²) in [5.74, 6) is -5.21. The number of amides is 3. The van der Waals surface area contributed by atoms with E-state index in [1.807, 2.05) is 0 Å². The Hall–Kier alpha value is -3.99. The van der Waals surface area contributed by atoms with E-state index in [2.05, 4.69) is 16.4 Å². The number of aromatic nitrogens is 1. The van der Waals surface area contributed by atoms with E-state index in [-0.39, 0.29) is 24.8 Å². The summed E-state index contributed by atoms with van der Waals surface area (Å²) in [7, 11) is 2.64. The largest absolute Gasteiger partial charge is 0.496 e. The van der Waals surface area contributed by atoms with Gasteiger partial charge in [-0.25, -0.2) is 4.39 Å². The van der Waals surface area contributed by atoms with Crippen molar-refractivity contribution in [3.05, 3.63) is 36.2 Å². The first-order valence-corrected chi connectivity index (χ1v) is 14.2. The van der Waals surface area contributed by atoms with Gasteiger partial charge >= 0.3 is 12.1 Å². The summed E-state index contributed by atoms with van der Waals surface area (Å²) in [6, 6.07) is 2.85. The molecular formula is C30H33F4N5O5. The fourth-order valence-electron chi connectivity index (χ4n) is 7.32. The normalized spacial score (nSPS) is 27.4. The van der Waals surface area contributed by atoms with Gasteiger partial charge in [-0.15, -0.1) is 0 Å². The number of rotatable bonds is 8. The summed E-state index contributed by atoms with van der Waals surface area (Å²) in [5.41, 5.74) is -1.28. The fourth-order valence-corrected chi connectivity index (χ4v) is 7.32. The van der Waals surface area contributed by atoms with Crippen LogP contribution in [-0.2, 0) is 19.1 Å². The summed E-state index contributed by atoms with van der Waals surface area (Å²) in [6.07, 6.45) is -2.72. The lowest BCUT2D eigenvalue weighted by molar-refractivity contribution is -0.178. The van der Waals surface area contributed by atoms with E-state index in [4.69, 9.17) is 9.47 Å². The minimum Gasteiger partial charge on any atom is -0.496 e. The van der Waals surface area contributed by atoms with Crippen LogP contribution in [0.2, 0.25) is 0 Å². The maximum atomic E-state index is 15.1. The summed E-state index contributed by atoms with van der Waals surface area (Å²) in [5, 5.41) is 15.8. The van der Waals surface area contributed by atoms with Crippen molar-refractivity contribution >= 4 is 28.5 Å². The van der Waals surface area contributed by atoms with E-state index in [1.54, 1.807) is 29.7 Å². The standard InChI is InChI=1S/C30H33F4N5O5/c1-29(2,44-4)25(38-28(42)30(32,33)34)27(41)39-13-18-15-8-16(19(31)9-15)23(18)24(39)26(40)37-20(10-35)17-12-36-11-14-6-5-7-21(43-3)22(14)17/h5-7,11-12,15-16,18-20,23-25H,8-9,13H2,1-4H3,(H,37,40)(H,38,42)/t15-,16+,18+,19?,20?,23-,24-,25+/m0/s1. The maximum Gasteiger partial charge on any atom is 0.471 e. The van der Waals surface area contributed by atoms with Gasteiger partial charge in [-0.2, -0.15) is 18.4 Å². The highest BCUT2D eigenvalue weighted by atomic mass is 19.4. The zero-order valence-corrected chi connectivity index (χ0v) is 24.5. The van der Waals surface area contributed by atoms with Crippen LogP contribution in [0.25, 0.3) is 10.8 Å². The molecule has 2 aromatic rings. The molecule has 10 nitrogen and oxygen atoms in total. The van der Waals surface area contributed by atoms with Crippen molar-refractivity contribution in [3.8, 4) is 11.8 Å². The Bertz CT molecular complexity index is 1510. The number of pyridine rings is 1. The Morgan fingerprint density at radius 3 is 2.48 bits per heavy atom. The Labute approximate surface area is 251 Å². The van der Waals surface area contributed by atoms with Gasteiger partial charge in [-0.05, 0) is 56.4 Å². The zero-order valence-electron chi connectivity index (χ0n) is 24.5. The predicted molar refractivity (Wildman–Crippen MR) is 147 cm³/mol. The van der Waals surface area contributed by atoms with Gasteiger partial charge in [0.05, 0.1) is 18.8 Å². The minimum atomic E-state index is -5.28. The van der Waals surface area contributed by atoms with E-state index in [1.165, 1.54) is 34.3 Å². The van der Waals surface area contributed by atoms with Crippen LogP contribution < -0.4 is 15.4 Å². The third-order valence-corrected chi connectivity index (χ3v) is 9.54. The molecule has 3 fully saturated rings. The summed E-state index contributed by atoms with van der Waals surface area (Å²) >= 11 is 0. The minimum absolute atomic E-state index is 0.0193. The van der Waals surface area contributed by atoms with Crippen LogP contribution >= 0.6 is 0 Å². The van der Waals surface area contributed by atoms with Gasteiger partial charge < -0.3 is 25.0 Å². The molecule has 3 aliphatic rings. The lowest BCUT2D eigenvalue weighted by Gasteiger charge is -2.38. The number of alkyl halides is 4. The highest BCUT2D eigenvalue weighted by molar-refractivity contribution is 5.96. The average Bonchev–Trinajstić information content (AvgIpc) is 3.67. The molecule has 3 amide bonds. The molecule has 236 valence electrons. The van der Waals surface area contributed by atoms with Gasteiger partial charge in [0.2, 0.25) is 11.8 Å². The molecule has 2 heterocycles. The Kier molecular flexibility index (Phi) is 8.22. The first kappa shape index (κ1) is 31.4. The quantitative estimate of drug-likeness (QED) is 0.434. The van der Waals surface area contributed by atoms with Gasteiger partial charge in [-0.1, -0.05) is 12.1 Å². The number of halogens is 4. The van der Waals surface area contributed by atoms with Crippen LogP contribution in [0.5, 0.6) is 5.75 Å². The van der Waals surface area contributed by atoms with Gasteiger partial charge in [0, 0.05) is 42.4 Å². The summed E-state index contributed by atoms with van der Waals surface area (Å²) in [4.78, 5) is 45.5. The number of nitrogens with zero attached hydrogens (tertiary/aromatic N) is 3. The number of likely N-dealkylation sites (tertiary alicyclic amines) is 1. The number of fused-ring (bicyclic) bond motifs is 6. The van der Waals surface area contributed by atoms with Crippen LogP contribution in [0.1, 0.15) is 38.3 Å². The molecule has 1 aromatic carbocycles. The van der Waals surface area contributed by atoms with Crippen LogP contribution in [0.4, 0.5) is 17.6 Å². The molecule has 2 unspecified atom stereocenters. The molecule has 2 aliphatic carbocycles. The second kappa shape index (κ2) is 11.5. The van der Waals surface area contributed by atoms with Gasteiger partial charge in [-0.3, -0.25) is 19.4 Å². The molecule has 14 heteroatoms. The highest BCUT2D eigenvalue weighted by Gasteiger charge is 2.63. The summed E-state index contributed by atoms with van der Waals surface area (Å²) in [6.45, 7) is 2.66. The van der Waals surface area contributed by atoms with Crippen molar-refractivity contribution in [1.82, 2.24) is 20.5 Å². The van der Waals surface area contributed by atoms with Crippen molar-refractivity contribution in [2.75, 3.05) is 20.8 Å². The third-order valence-electron chi connectivity index (χ3n) is 9.54. The van der Waals surface area contributed by atoms with Crippen molar-refractivity contribution in [1.29, 1.82) is 5.26 Å². The molecular weight excluding hydrogens is 586 g/mol. The number of hydrogen-bond acceptors (Lipinski definition) is 7. The smallest absolute Gasteiger partial charge is 0.471 e. The van der Waals surface area contributed by atoms with E-state index >= 15 is 4.39 Å². The molecule has 2 N–H and O–H groups in total. The monoisotopic (exact) mass is 619 g/mol. The first-order valence-electron chi connectivity index (χ1n) is 14.2. The number of ether oxygens (including phenoxy) is 2. The molecule has 8 atom stereocenters. The fraction of sp³-hybridized carbons (Fsp3) is 0.567. The van der Waals surface area contributed by atoms with Crippen molar-refractivity contribution in [2.45, 2.75) is 62.8 Å². The number of carbonyl (C=O) groups is 3. The third kappa shape index (κ3) is 5.31. The first-order chi connectivity index (χ1) is 20.7. The molecule has 0 radical (unpaired) electrons. The molecule has 5 rings (SSSR count). The topological polar surface area (TPSA) is 134 Å². The Balaban J connectivity index is 1.52. The summed E-state index contributed by atoms with van der Waals surface area (Å²) < 4.78 is 65.7. The number of hydrogen-bond donors (Lipinski definition) is 2.